The summed E-state index contributed by atoms with van der Waals surface area (Å²) in [6.07, 6.45) is -1.73. The van der Waals surface area contributed by atoms with Crippen LogP contribution in [-0.4, -0.2) is 25.0 Å². The first-order valence-electron chi connectivity index (χ1n) is 2.18. The van der Waals surface area contributed by atoms with Gasteiger partial charge in [0.2, 0.25) is 10.4 Å². The van der Waals surface area contributed by atoms with E-state index in [0.717, 1.165) is 6.92 Å². The van der Waals surface area contributed by atoms with Gasteiger partial charge in [0.1, 0.15) is 6.10 Å². The van der Waals surface area contributed by atoms with E-state index in [-0.39, 0.29) is 0 Å². The minimum absolute atomic E-state index is 0.880. The maximum Gasteiger partial charge on any atom is 0.218 e. The van der Waals surface area contributed by atoms with Gasteiger partial charge in [0.15, 0.2) is 0 Å². The molecule has 6 nitrogen and oxygen atoms in total. The van der Waals surface area contributed by atoms with Crippen molar-refractivity contribution in [2.24, 2.45) is 0 Å². The average Bonchev–Trinajstić information content (AvgIpc) is 1.60. The second-order valence-corrected chi connectivity index (χ2v) is 2.47. The predicted octanol–water partition coefficient (Wildman–Crippen LogP) is -2.40. The second-order valence-electron chi connectivity index (χ2n) is 1.47. The number of aliphatic carboxylic acids is 1. The second kappa shape index (κ2) is 2.95. The van der Waals surface area contributed by atoms with Gasteiger partial charge in [-0.3, -0.25) is 4.18 Å². The fraction of sp³-hybridized carbons (Fsp3) is 0.667. The molecule has 0 N–H and O–H groups in total. The van der Waals surface area contributed by atoms with Gasteiger partial charge in [0, 0.05) is 0 Å². The fourth-order valence-electron chi connectivity index (χ4n) is 0.216. The number of carboxylic acid groups (broad SMARTS) is 1. The van der Waals surface area contributed by atoms with Crippen LogP contribution in [0, 0.1) is 0 Å². The Kier molecular flexibility index (Phi) is 2.76. The molecule has 0 heterocycles. The van der Waals surface area contributed by atoms with E-state index in [1.807, 2.05) is 0 Å². The Hall–Kier alpha value is -0.660. The number of carbonyl (C=O) groups excluding carboxylic acids is 1. The van der Waals surface area contributed by atoms with Crippen molar-refractivity contribution in [3.63, 3.8) is 0 Å². The summed E-state index contributed by atoms with van der Waals surface area (Å²) in [5.41, 5.74) is 0. The lowest BCUT2D eigenvalue weighted by molar-refractivity contribution is -0.313. The Bertz CT molecular complexity index is 215. The molecule has 0 unspecified atom stereocenters. The van der Waals surface area contributed by atoms with Crippen molar-refractivity contribution >= 4 is 16.4 Å². The van der Waals surface area contributed by atoms with Crippen LogP contribution in [0.1, 0.15) is 6.92 Å². The molecule has 0 aromatic rings. The Morgan fingerprint density at radius 2 is 2.00 bits per heavy atom. The largest absolute Gasteiger partial charge is 0.726 e. The SMILES string of the molecule is C[C@@H](OS(=O)(=O)[O-])C(=O)[O-]. The first-order valence-corrected chi connectivity index (χ1v) is 3.51. The number of hydrogen-bond acceptors (Lipinski definition) is 6. The fourth-order valence-corrected chi connectivity index (χ4v) is 0.648. The van der Waals surface area contributed by atoms with Gasteiger partial charge in [-0.1, -0.05) is 0 Å². The van der Waals surface area contributed by atoms with Gasteiger partial charge in [-0.25, -0.2) is 8.42 Å². The van der Waals surface area contributed by atoms with Crippen molar-refractivity contribution in [2.45, 2.75) is 13.0 Å². The summed E-state index contributed by atoms with van der Waals surface area (Å²) in [5, 5.41) is 9.74. The van der Waals surface area contributed by atoms with E-state index < -0.39 is 22.5 Å². The van der Waals surface area contributed by atoms with Crippen molar-refractivity contribution in [2.75, 3.05) is 0 Å². The highest BCUT2D eigenvalue weighted by atomic mass is 32.3. The molecule has 0 saturated heterocycles. The summed E-state index contributed by atoms with van der Waals surface area (Å²) in [4.78, 5) is 9.74. The maximum absolute atomic E-state index is 9.74. The minimum atomic E-state index is -4.94. The third-order valence-corrected chi connectivity index (χ3v) is 1.12. The van der Waals surface area contributed by atoms with Crippen molar-refractivity contribution in [3.8, 4) is 0 Å². The average molecular weight is 168 g/mol. The summed E-state index contributed by atoms with van der Waals surface area (Å²) in [6.45, 7) is 0.880. The Morgan fingerprint density at radius 3 is 2.10 bits per heavy atom. The molecule has 0 rings (SSSR count). The van der Waals surface area contributed by atoms with E-state index in [1.165, 1.54) is 0 Å². The Morgan fingerprint density at radius 1 is 1.60 bits per heavy atom. The molecule has 0 aromatic carbocycles. The molecule has 10 heavy (non-hydrogen) atoms. The summed E-state index contributed by atoms with van der Waals surface area (Å²) in [5.74, 6) is -1.75. The molecule has 0 aliphatic carbocycles. The van der Waals surface area contributed by atoms with Crippen LogP contribution < -0.4 is 5.11 Å². The highest BCUT2D eigenvalue weighted by Crippen LogP contribution is 1.93. The first-order chi connectivity index (χ1) is 4.33. The van der Waals surface area contributed by atoms with E-state index in [2.05, 4.69) is 4.18 Å². The van der Waals surface area contributed by atoms with Crippen LogP contribution in [0.25, 0.3) is 0 Å². The molecule has 0 aliphatic heterocycles. The molecule has 0 amide bonds. The molecule has 0 aliphatic rings. The molecule has 0 fully saturated rings. The molecule has 60 valence electrons. The van der Waals surface area contributed by atoms with Crippen LogP contribution in [0.4, 0.5) is 0 Å². The van der Waals surface area contributed by atoms with E-state index in [4.69, 9.17) is 0 Å². The molecule has 0 saturated carbocycles. The van der Waals surface area contributed by atoms with Gasteiger partial charge in [-0.2, -0.15) is 0 Å². The summed E-state index contributed by atoms with van der Waals surface area (Å²) < 4.78 is 32.5. The van der Waals surface area contributed by atoms with Crippen molar-refractivity contribution in [1.29, 1.82) is 0 Å². The number of rotatable bonds is 3. The van der Waals surface area contributed by atoms with Crippen molar-refractivity contribution in [1.82, 2.24) is 0 Å². The predicted molar refractivity (Wildman–Crippen MR) is 25.3 cm³/mol. The minimum Gasteiger partial charge on any atom is -0.726 e. The molecule has 0 bridgehead atoms. The number of carbonyl (C=O) groups is 1. The van der Waals surface area contributed by atoms with Gasteiger partial charge in [0.25, 0.3) is 0 Å². The highest BCUT2D eigenvalue weighted by molar-refractivity contribution is 7.80. The lowest BCUT2D eigenvalue weighted by atomic mass is 10.4. The summed E-state index contributed by atoms with van der Waals surface area (Å²) in [7, 11) is -4.94. The molecule has 7 heteroatoms. The van der Waals surface area contributed by atoms with Crippen LogP contribution >= 0.6 is 0 Å². The third kappa shape index (κ3) is 4.24. The van der Waals surface area contributed by atoms with Crippen molar-refractivity contribution in [3.05, 3.63) is 0 Å². The molecular formula is C3H4O6S-2. The lowest BCUT2D eigenvalue weighted by Crippen LogP contribution is -2.36. The molecule has 0 spiro atoms. The Labute approximate surface area is 57.4 Å². The van der Waals surface area contributed by atoms with Crippen LogP contribution in [-0.2, 0) is 19.4 Å². The highest BCUT2D eigenvalue weighted by Gasteiger charge is 2.05. The smallest absolute Gasteiger partial charge is 0.218 e. The van der Waals surface area contributed by atoms with Crippen LogP contribution in [0.15, 0.2) is 0 Å². The van der Waals surface area contributed by atoms with Gasteiger partial charge >= 0.3 is 0 Å². The molecular weight excluding hydrogens is 164 g/mol. The van der Waals surface area contributed by atoms with Crippen molar-refractivity contribution < 1.29 is 27.1 Å². The molecule has 1 atom stereocenters. The standard InChI is InChI=1S/C3H6O6S/c1-2(3(4)5)9-10(6,7)8/h2H,1H3,(H,4,5)(H,6,7,8)/p-2/t2-/m1/s1. The van der Waals surface area contributed by atoms with Gasteiger partial charge in [0.05, 0.1) is 5.97 Å². The zero-order chi connectivity index (χ0) is 8.36. The normalized spacial score (nSPS) is 14.6. The molecule has 0 radical (unpaired) electrons. The number of carboxylic acids is 1. The van der Waals surface area contributed by atoms with Gasteiger partial charge in [-0.05, 0) is 6.92 Å². The van der Waals surface area contributed by atoms with E-state index in [1.54, 1.807) is 0 Å². The Balaban J connectivity index is 4.06. The number of hydrogen-bond donors (Lipinski definition) is 0. The maximum atomic E-state index is 9.74. The van der Waals surface area contributed by atoms with E-state index in [0.29, 0.717) is 0 Å². The zero-order valence-corrected chi connectivity index (χ0v) is 5.75. The summed E-state index contributed by atoms with van der Waals surface area (Å²) in [6, 6.07) is 0. The molecule has 0 aromatic heterocycles. The quantitative estimate of drug-likeness (QED) is 0.343. The van der Waals surface area contributed by atoms with Crippen LogP contribution in [0.3, 0.4) is 0 Å². The topological polar surface area (TPSA) is 107 Å². The first kappa shape index (κ1) is 9.34. The van der Waals surface area contributed by atoms with E-state index >= 15 is 0 Å². The third-order valence-electron chi connectivity index (χ3n) is 0.594. The van der Waals surface area contributed by atoms with Crippen LogP contribution in [0.2, 0.25) is 0 Å². The van der Waals surface area contributed by atoms with Gasteiger partial charge < -0.3 is 14.5 Å². The van der Waals surface area contributed by atoms with Gasteiger partial charge in [-0.15, -0.1) is 0 Å². The zero-order valence-electron chi connectivity index (χ0n) is 4.94. The van der Waals surface area contributed by atoms with Crippen LogP contribution in [0.5, 0.6) is 0 Å². The van der Waals surface area contributed by atoms with E-state index in [9.17, 15) is 22.9 Å². The lowest BCUT2D eigenvalue weighted by Gasteiger charge is -2.14. The monoisotopic (exact) mass is 168 g/mol. The summed E-state index contributed by atoms with van der Waals surface area (Å²) >= 11 is 0.